The van der Waals surface area contributed by atoms with Crippen molar-refractivity contribution >= 4 is 17.5 Å². The second-order valence-electron chi connectivity index (χ2n) is 7.41. The summed E-state index contributed by atoms with van der Waals surface area (Å²) < 4.78 is 0. The molecule has 1 aliphatic heterocycles. The minimum absolute atomic E-state index is 0.0229. The summed E-state index contributed by atoms with van der Waals surface area (Å²) in [5, 5.41) is 12.7. The molecule has 1 heterocycles. The largest absolute Gasteiger partial charge is 0.392 e. The SMILES string of the molecule is CC(C)[C@@H](CN1CC[C@H](O)C1)NC(=O)CCC(=O)N(C)c1ccccc1. The van der Waals surface area contributed by atoms with Gasteiger partial charge in [-0.2, -0.15) is 0 Å². The highest BCUT2D eigenvalue weighted by Gasteiger charge is 2.25. The van der Waals surface area contributed by atoms with Crippen molar-refractivity contribution in [2.24, 2.45) is 5.92 Å². The van der Waals surface area contributed by atoms with E-state index in [1.165, 1.54) is 0 Å². The number of aliphatic hydroxyl groups is 1. The molecule has 1 fully saturated rings. The molecule has 2 N–H and O–H groups in total. The minimum Gasteiger partial charge on any atom is -0.392 e. The highest BCUT2D eigenvalue weighted by Crippen LogP contribution is 2.14. The Labute approximate surface area is 156 Å². The third-order valence-corrected chi connectivity index (χ3v) is 4.94. The molecule has 1 saturated heterocycles. The molecule has 0 aliphatic carbocycles. The highest BCUT2D eigenvalue weighted by atomic mass is 16.3. The van der Waals surface area contributed by atoms with Crippen molar-refractivity contribution in [1.29, 1.82) is 0 Å². The number of nitrogens with zero attached hydrogens (tertiary/aromatic N) is 2. The van der Waals surface area contributed by atoms with Crippen LogP contribution in [0, 0.1) is 5.92 Å². The average molecular weight is 361 g/mol. The lowest BCUT2D eigenvalue weighted by atomic mass is 10.0. The summed E-state index contributed by atoms with van der Waals surface area (Å²) in [4.78, 5) is 28.4. The number of likely N-dealkylation sites (tertiary alicyclic amines) is 1. The van der Waals surface area contributed by atoms with Crippen LogP contribution >= 0.6 is 0 Å². The van der Waals surface area contributed by atoms with E-state index in [0.717, 1.165) is 25.2 Å². The number of para-hydroxylation sites is 1. The number of benzene rings is 1. The maximum atomic E-state index is 12.3. The van der Waals surface area contributed by atoms with E-state index in [2.05, 4.69) is 24.1 Å². The van der Waals surface area contributed by atoms with Gasteiger partial charge < -0.3 is 15.3 Å². The van der Waals surface area contributed by atoms with Gasteiger partial charge in [0.2, 0.25) is 11.8 Å². The predicted molar refractivity (Wildman–Crippen MR) is 103 cm³/mol. The molecule has 0 bridgehead atoms. The lowest BCUT2D eigenvalue weighted by Gasteiger charge is -2.27. The third-order valence-electron chi connectivity index (χ3n) is 4.94. The molecule has 1 aromatic carbocycles. The van der Waals surface area contributed by atoms with E-state index in [1.54, 1.807) is 11.9 Å². The first-order valence-corrected chi connectivity index (χ1v) is 9.38. The van der Waals surface area contributed by atoms with E-state index < -0.39 is 0 Å². The number of aliphatic hydroxyl groups excluding tert-OH is 1. The average Bonchev–Trinajstić information content (AvgIpc) is 3.04. The van der Waals surface area contributed by atoms with Gasteiger partial charge in [-0.25, -0.2) is 0 Å². The zero-order chi connectivity index (χ0) is 19.1. The van der Waals surface area contributed by atoms with Crippen LogP contribution in [-0.4, -0.2) is 60.6 Å². The summed E-state index contributed by atoms with van der Waals surface area (Å²) in [6.07, 6.45) is 0.899. The van der Waals surface area contributed by atoms with Crippen LogP contribution in [0.2, 0.25) is 0 Å². The van der Waals surface area contributed by atoms with Gasteiger partial charge in [-0.3, -0.25) is 14.5 Å². The molecule has 26 heavy (non-hydrogen) atoms. The van der Waals surface area contributed by atoms with E-state index in [9.17, 15) is 14.7 Å². The molecule has 0 radical (unpaired) electrons. The summed E-state index contributed by atoms with van der Waals surface area (Å²) in [6.45, 7) is 6.41. The number of β-amino-alcohol motifs (C(OH)–C–C–N with tert-alkyl or cyclic N) is 1. The van der Waals surface area contributed by atoms with Crippen LogP contribution in [0.1, 0.15) is 33.1 Å². The molecule has 144 valence electrons. The van der Waals surface area contributed by atoms with Crippen LogP contribution in [0.5, 0.6) is 0 Å². The van der Waals surface area contributed by atoms with Crippen molar-refractivity contribution in [3.05, 3.63) is 30.3 Å². The zero-order valence-electron chi connectivity index (χ0n) is 16.0. The number of anilines is 1. The number of carbonyl (C=O) groups excluding carboxylic acids is 2. The quantitative estimate of drug-likeness (QED) is 0.738. The highest BCUT2D eigenvalue weighted by molar-refractivity contribution is 5.94. The van der Waals surface area contributed by atoms with Gasteiger partial charge in [-0.1, -0.05) is 32.0 Å². The van der Waals surface area contributed by atoms with Crippen LogP contribution in [0.4, 0.5) is 5.69 Å². The molecule has 2 rings (SSSR count). The third kappa shape index (κ3) is 6.11. The van der Waals surface area contributed by atoms with Crippen LogP contribution in [-0.2, 0) is 9.59 Å². The van der Waals surface area contributed by atoms with Gasteiger partial charge in [0, 0.05) is 51.3 Å². The van der Waals surface area contributed by atoms with Gasteiger partial charge in [0.25, 0.3) is 0 Å². The molecule has 2 amide bonds. The van der Waals surface area contributed by atoms with E-state index in [4.69, 9.17) is 0 Å². The number of rotatable bonds is 8. The van der Waals surface area contributed by atoms with Crippen molar-refractivity contribution in [3.63, 3.8) is 0 Å². The molecule has 1 aromatic rings. The minimum atomic E-state index is -0.260. The van der Waals surface area contributed by atoms with Gasteiger partial charge in [0.05, 0.1) is 6.10 Å². The Morgan fingerprint density at radius 1 is 1.27 bits per heavy atom. The molecule has 0 spiro atoms. The van der Waals surface area contributed by atoms with Gasteiger partial charge in [0.15, 0.2) is 0 Å². The van der Waals surface area contributed by atoms with E-state index in [1.807, 2.05) is 30.3 Å². The van der Waals surface area contributed by atoms with E-state index in [0.29, 0.717) is 12.5 Å². The topological polar surface area (TPSA) is 72.9 Å². The van der Waals surface area contributed by atoms with Gasteiger partial charge in [-0.05, 0) is 24.5 Å². The molecule has 1 aliphatic rings. The van der Waals surface area contributed by atoms with E-state index in [-0.39, 0.29) is 36.8 Å². The lowest BCUT2D eigenvalue weighted by molar-refractivity contribution is -0.125. The number of carbonyl (C=O) groups is 2. The van der Waals surface area contributed by atoms with Crippen LogP contribution < -0.4 is 10.2 Å². The van der Waals surface area contributed by atoms with Crippen molar-refractivity contribution < 1.29 is 14.7 Å². The lowest BCUT2D eigenvalue weighted by Crippen LogP contribution is -2.46. The summed E-state index contributed by atoms with van der Waals surface area (Å²) in [6, 6.07) is 9.44. The van der Waals surface area contributed by atoms with Crippen LogP contribution in [0.3, 0.4) is 0 Å². The summed E-state index contributed by atoms with van der Waals surface area (Å²) >= 11 is 0. The fourth-order valence-electron chi connectivity index (χ4n) is 3.14. The number of hydrogen-bond donors (Lipinski definition) is 2. The fraction of sp³-hybridized carbons (Fsp3) is 0.600. The first-order chi connectivity index (χ1) is 12.4. The molecule has 6 nitrogen and oxygen atoms in total. The van der Waals surface area contributed by atoms with Crippen molar-refractivity contribution in [3.8, 4) is 0 Å². The molecule has 0 saturated carbocycles. The molecule has 2 atom stereocenters. The maximum absolute atomic E-state index is 12.3. The molecule has 6 heteroatoms. The van der Waals surface area contributed by atoms with Gasteiger partial charge in [-0.15, -0.1) is 0 Å². The summed E-state index contributed by atoms with van der Waals surface area (Å²) in [7, 11) is 1.73. The van der Waals surface area contributed by atoms with Crippen LogP contribution in [0.15, 0.2) is 30.3 Å². The summed E-state index contributed by atoms with van der Waals surface area (Å²) in [5.41, 5.74) is 0.825. The predicted octanol–water partition coefficient (Wildman–Crippen LogP) is 1.64. The normalized spacial score (nSPS) is 18.7. The standard InChI is InChI=1S/C20H31N3O3/c1-15(2)18(14-23-12-11-17(24)13-23)21-19(25)9-10-20(26)22(3)16-7-5-4-6-8-16/h4-8,15,17-18,24H,9-14H2,1-3H3,(H,21,25)/t17-,18+/m0/s1. The Balaban J connectivity index is 1.79. The zero-order valence-corrected chi connectivity index (χ0v) is 16.0. The Bertz CT molecular complexity index is 591. The molecule has 0 unspecified atom stereocenters. The van der Waals surface area contributed by atoms with Crippen molar-refractivity contribution in [1.82, 2.24) is 10.2 Å². The van der Waals surface area contributed by atoms with E-state index >= 15 is 0 Å². The number of amides is 2. The smallest absolute Gasteiger partial charge is 0.227 e. The number of hydrogen-bond acceptors (Lipinski definition) is 4. The maximum Gasteiger partial charge on any atom is 0.227 e. The molecular weight excluding hydrogens is 330 g/mol. The molecule has 0 aromatic heterocycles. The Morgan fingerprint density at radius 3 is 2.54 bits per heavy atom. The summed E-state index contributed by atoms with van der Waals surface area (Å²) in [5.74, 6) is 0.118. The second kappa shape index (κ2) is 9.69. The van der Waals surface area contributed by atoms with Crippen molar-refractivity contribution in [2.45, 2.75) is 45.3 Å². The Kier molecular flexibility index (Phi) is 7.60. The van der Waals surface area contributed by atoms with Gasteiger partial charge >= 0.3 is 0 Å². The Hall–Kier alpha value is -1.92. The van der Waals surface area contributed by atoms with Gasteiger partial charge in [0.1, 0.15) is 0 Å². The molecular formula is C20H31N3O3. The Morgan fingerprint density at radius 2 is 1.96 bits per heavy atom. The fourth-order valence-corrected chi connectivity index (χ4v) is 3.14. The monoisotopic (exact) mass is 361 g/mol. The van der Waals surface area contributed by atoms with Crippen LogP contribution in [0.25, 0.3) is 0 Å². The first-order valence-electron chi connectivity index (χ1n) is 9.38. The number of nitrogens with one attached hydrogen (secondary N) is 1. The first kappa shape index (κ1) is 20.4. The van der Waals surface area contributed by atoms with Crippen molar-refractivity contribution in [2.75, 3.05) is 31.6 Å². The second-order valence-corrected chi connectivity index (χ2v) is 7.41.